The summed E-state index contributed by atoms with van der Waals surface area (Å²) < 4.78 is 11.3. The highest BCUT2D eigenvalue weighted by Gasteiger charge is 2.37. The molecule has 125 valence electrons. The van der Waals surface area contributed by atoms with Crippen molar-refractivity contribution in [1.29, 1.82) is 0 Å². The Morgan fingerprint density at radius 1 is 1.46 bits per heavy atom. The van der Waals surface area contributed by atoms with Crippen LogP contribution in [-0.4, -0.2) is 48.1 Å². The molecule has 3 heterocycles. The molecule has 1 amide bonds. The van der Waals surface area contributed by atoms with Crippen molar-refractivity contribution in [1.82, 2.24) is 9.88 Å². The van der Waals surface area contributed by atoms with Gasteiger partial charge >= 0.3 is 0 Å². The molecule has 24 heavy (non-hydrogen) atoms. The van der Waals surface area contributed by atoms with E-state index in [9.17, 15) is 4.79 Å². The molecule has 1 aromatic heterocycles. The molecule has 2 N–H and O–H groups in total. The molecule has 2 aliphatic rings. The molecule has 0 spiro atoms. The maximum Gasteiger partial charge on any atom is 0.235 e. The molecule has 2 unspecified atom stereocenters. The largest absolute Gasteiger partial charge is 0.497 e. The number of carbonyl (C=O) groups is 1. The second kappa shape index (κ2) is 5.94. The number of hydrogen-bond acceptors (Lipinski definition) is 5. The highest BCUT2D eigenvalue weighted by atomic mass is 16.5. The fourth-order valence-corrected chi connectivity index (χ4v) is 3.71. The first-order valence-electron chi connectivity index (χ1n) is 8.14. The van der Waals surface area contributed by atoms with Gasteiger partial charge in [0, 0.05) is 17.0 Å². The number of fused-ring (bicyclic) bond motifs is 3. The molecular formula is C18H20N3O3. The van der Waals surface area contributed by atoms with Crippen molar-refractivity contribution in [2.75, 3.05) is 20.3 Å². The lowest BCUT2D eigenvalue weighted by Crippen LogP contribution is -2.50. The number of primary amides is 1. The molecule has 0 aliphatic carbocycles. The van der Waals surface area contributed by atoms with Crippen LogP contribution in [0.3, 0.4) is 0 Å². The van der Waals surface area contributed by atoms with E-state index in [1.54, 1.807) is 13.3 Å². The van der Waals surface area contributed by atoms with E-state index in [1.807, 2.05) is 24.6 Å². The summed E-state index contributed by atoms with van der Waals surface area (Å²) in [5, 5.41) is 1.04. The average molecular weight is 326 g/mol. The Hall–Kier alpha value is -2.34. The summed E-state index contributed by atoms with van der Waals surface area (Å²) in [6.07, 6.45) is 5.45. The molecule has 2 aromatic rings. The number of rotatable bonds is 3. The number of pyridine rings is 1. The Kier molecular flexibility index (Phi) is 3.76. The molecule has 1 radical (unpaired) electrons. The van der Waals surface area contributed by atoms with Gasteiger partial charge in [-0.3, -0.25) is 14.7 Å². The lowest BCUT2D eigenvalue weighted by molar-refractivity contribution is -0.122. The third kappa shape index (κ3) is 2.47. The maximum absolute atomic E-state index is 11.7. The van der Waals surface area contributed by atoms with Crippen molar-refractivity contribution >= 4 is 16.8 Å². The van der Waals surface area contributed by atoms with Gasteiger partial charge in [0.1, 0.15) is 18.1 Å². The van der Waals surface area contributed by atoms with Gasteiger partial charge in [0.05, 0.1) is 24.9 Å². The van der Waals surface area contributed by atoms with Crippen LogP contribution in [0.15, 0.2) is 24.4 Å². The Balaban J connectivity index is 1.70. The first-order chi connectivity index (χ1) is 11.7. The third-order valence-electron chi connectivity index (χ3n) is 4.91. The van der Waals surface area contributed by atoms with Crippen molar-refractivity contribution in [2.24, 2.45) is 5.73 Å². The van der Waals surface area contributed by atoms with Gasteiger partial charge in [-0.05, 0) is 44.0 Å². The van der Waals surface area contributed by atoms with Crippen molar-refractivity contribution in [3.05, 3.63) is 36.4 Å². The highest BCUT2D eigenvalue weighted by Crippen LogP contribution is 2.35. The lowest BCUT2D eigenvalue weighted by atomic mass is 9.97. The van der Waals surface area contributed by atoms with Crippen LogP contribution >= 0.6 is 0 Å². The van der Waals surface area contributed by atoms with Gasteiger partial charge < -0.3 is 15.2 Å². The summed E-state index contributed by atoms with van der Waals surface area (Å²) >= 11 is 0. The number of hydrogen-bond donors (Lipinski definition) is 1. The fourth-order valence-electron chi connectivity index (χ4n) is 3.71. The maximum atomic E-state index is 11.7. The standard InChI is InChI=1S/C18H20N3O3/c1-23-12-4-5-15-13(8-12)14-7-11(10-24-17(14)9-20-15)21-6-2-3-16(21)18(19)22/h3-5,8-9,11,16H,2,6-7,10H2,1H3,(H2,19,22). The fraction of sp³-hybridized carbons (Fsp3) is 0.389. The quantitative estimate of drug-likeness (QED) is 0.920. The number of carbonyl (C=O) groups excluding carboxylic acids is 1. The molecular weight excluding hydrogens is 306 g/mol. The van der Waals surface area contributed by atoms with Crippen LogP contribution < -0.4 is 15.2 Å². The molecule has 2 atom stereocenters. The number of nitrogens with two attached hydrogens (primary N) is 1. The van der Waals surface area contributed by atoms with Crippen LogP contribution in [0, 0.1) is 6.42 Å². The second-order valence-electron chi connectivity index (χ2n) is 6.26. The van der Waals surface area contributed by atoms with Gasteiger partial charge in [-0.25, -0.2) is 0 Å². The molecule has 1 aromatic carbocycles. The van der Waals surface area contributed by atoms with Crippen LogP contribution in [0.4, 0.5) is 0 Å². The first-order valence-corrected chi connectivity index (χ1v) is 8.14. The number of amides is 1. The van der Waals surface area contributed by atoms with E-state index in [0.29, 0.717) is 6.61 Å². The molecule has 6 nitrogen and oxygen atoms in total. The molecule has 1 fully saturated rings. The third-order valence-corrected chi connectivity index (χ3v) is 4.91. The summed E-state index contributed by atoms with van der Waals surface area (Å²) in [4.78, 5) is 18.3. The predicted molar refractivity (Wildman–Crippen MR) is 89.9 cm³/mol. The van der Waals surface area contributed by atoms with E-state index in [1.165, 1.54) is 0 Å². The first kappa shape index (κ1) is 15.2. The number of methoxy groups -OCH3 is 1. The minimum absolute atomic E-state index is 0.130. The topological polar surface area (TPSA) is 77.7 Å². The number of benzene rings is 1. The van der Waals surface area contributed by atoms with E-state index in [4.69, 9.17) is 15.2 Å². The van der Waals surface area contributed by atoms with Gasteiger partial charge in [-0.2, -0.15) is 0 Å². The van der Waals surface area contributed by atoms with Crippen LogP contribution in [0.1, 0.15) is 12.0 Å². The Labute approximate surface area is 140 Å². The van der Waals surface area contributed by atoms with Crippen molar-refractivity contribution in [2.45, 2.75) is 24.9 Å². The van der Waals surface area contributed by atoms with Crippen LogP contribution in [0.2, 0.25) is 0 Å². The van der Waals surface area contributed by atoms with Crippen LogP contribution in [0.25, 0.3) is 10.9 Å². The summed E-state index contributed by atoms with van der Waals surface area (Å²) in [7, 11) is 1.65. The number of aromatic nitrogens is 1. The minimum atomic E-state index is -0.303. The zero-order chi connectivity index (χ0) is 16.7. The van der Waals surface area contributed by atoms with Crippen molar-refractivity contribution in [3.8, 4) is 11.5 Å². The molecule has 1 saturated heterocycles. The van der Waals surface area contributed by atoms with Gasteiger partial charge in [0.2, 0.25) is 5.91 Å². The Morgan fingerprint density at radius 3 is 3.12 bits per heavy atom. The summed E-state index contributed by atoms with van der Waals surface area (Å²) in [5.74, 6) is 1.31. The van der Waals surface area contributed by atoms with E-state index >= 15 is 0 Å². The Bertz CT molecular complexity index is 787. The highest BCUT2D eigenvalue weighted by molar-refractivity contribution is 5.86. The monoisotopic (exact) mass is 326 g/mol. The molecule has 6 heteroatoms. The Morgan fingerprint density at radius 2 is 2.33 bits per heavy atom. The molecule has 0 bridgehead atoms. The average Bonchev–Trinajstić information content (AvgIpc) is 3.10. The summed E-state index contributed by atoms with van der Waals surface area (Å²) in [6.45, 7) is 1.38. The SMILES string of the molecule is COc1ccc2ncc3c(c2c1)CC(N1CC[CH]C1C(N)=O)CO3. The van der Waals surface area contributed by atoms with E-state index in [-0.39, 0.29) is 18.0 Å². The van der Waals surface area contributed by atoms with Gasteiger partial charge in [-0.1, -0.05) is 0 Å². The van der Waals surface area contributed by atoms with Crippen molar-refractivity contribution in [3.63, 3.8) is 0 Å². The van der Waals surface area contributed by atoms with Gasteiger partial charge in [-0.15, -0.1) is 0 Å². The van der Waals surface area contributed by atoms with Crippen molar-refractivity contribution < 1.29 is 14.3 Å². The molecule has 2 aliphatic heterocycles. The van der Waals surface area contributed by atoms with Gasteiger partial charge in [0.15, 0.2) is 0 Å². The zero-order valence-electron chi connectivity index (χ0n) is 13.6. The lowest BCUT2D eigenvalue weighted by Gasteiger charge is -2.35. The number of nitrogens with zero attached hydrogens (tertiary/aromatic N) is 2. The van der Waals surface area contributed by atoms with Crippen LogP contribution in [0.5, 0.6) is 11.5 Å². The summed E-state index contributed by atoms with van der Waals surface area (Å²) in [5.41, 5.74) is 7.57. The molecule has 0 saturated carbocycles. The van der Waals surface area contributed by atoms with E-state index < -0.39 is 0 Å². The second-order valence-corrected chi connectivity index (χ2v) is 6.26. The van der Waals surface area contributed by atoms with E-state index in [0.717, 1.165) is 47.4 Å². The number of likely N-dealkylation sites (tertiary alicyclic amines) is 1. The molecule has 4 rings (SSSR count). The normalized spacial score (nSPS) is 23.7. The van der Waals surface area contributed by atoms with Gasteiger partial charge in [0.25, 0.3) is 0 Å². The van der Waals surface area contributed by atoms with Crippen LogP contribution in [-0.2, 0) is 11.2 Å². The number of ether oxygens (including phenoxy) is 2. The van der Waals surface area contributed by atoms with E-state index in [2.05, 4.69) is 9.88 Å². The summed E-state index contributed by atoms with van der Waals surface area (Å²) in [6, 6.07) is 5.68. The smallest absolute Gasteiger partial charge is 0.235 e. The predicted octanol–water partition coefficient (Wildman–Crippen LogP) is 1.31. The minimum Gasteiger partial charge on any atom is -0.497 e. The zero-order valence-corrected chi connectivity index (χ0v) is 13.6.